The third kappa shape index (κ3) is 2.35. The number of ether oxygens (including phenoxy) is 1. The van der Waals surface area contributed by atoms with E-state index in [4.69, 9.17) is 9.84 Å². The summed E-state index contributed by atoms with van der Waals surface area (Å²) in [6.45, 7) is 2.73. The van der Waals surface area contributed by atoms with E-state index in [1.807, 2.05) is 19.1 Å². The van der Waals surface area contributed by atoms with Crippen molar-refractivity contribution in [2.45, 2.75) is 32.1 Å². The summed E-state index contributed by atoms with van der Waals surface area (Å²) in [4.78, 5) is 10.6. The number of benzene rings is 1. The third-order valence-corrected chi connectivity index (χ3v) is 2.98. The quantitative estimate of drug-likeness (QED) is 0.851. The van der Waals surface area contributed by atoms with Gasteiger partial charge in [0.25, 0.3) is 0 Å². The van der Waals surface area contributed by atoms with E-state index in [1.165, 1.54) is 5.56 Å². The van der Waals surface area contributed by atoms with Gasteiger partial charge in [0.05, 0.1) is 13.0 Å². The molecule has 86 valence electrons. The van der Waals surface area contributed by atoms with Gasteiger partial charge in [-0.1, -0.05) is 19.1 Å². The Bertz CT molecular complexity index is 398. The summed E-state index contributed by atoms with van der Waals surface area (Å²) in [6.07, 6.45) is 2.26. The highest BCUT2D eigenvalue weighted by Gasteiger charge is 2.14. The molecule has 1 unspecified atom stereocenters. The smallest absolute Gasteiger partial charge is 0.303 e. The van der Waals surface area contributed by atoms with E-state index >= 15 is 0 Å². The monoisotopic (exact) mass is 220 g/mol. The summed E-state index contributed by atoms with van der Waals surface area (Å²) in [5.41, 5.74) is 2.30. The SMILES string of the molecule is CC(CC(=O)O)c1ccc2c(c1)CCCO2. The normalized spacial score (nSPS) is 16.1. The molecule has 1 atom stereocenters. The van der Waals surface area contributed by atoms with Gasteiger partial charge in [-0.15, -0.1) is 0 Å². The largest absolute Gasteiger partial charge is 0.493 e. The fourth-order valence-corrected chi connectivity index (χ4v) is 2.07. The van der Waals surface area contributed by atoms with E-state index in [2.05, 4.69) is 6.07 Å². The van der Waals surface area contributed by atoms with Gasteiger partial charge >= 0.3 is 5.97 Å². The number of carboxylic acid groups (broad SMARTS) is 1. The van der Waals surface area contributed by atoms with Crippen molar-refractivity contribution >= 4 is 5.97 Å². The van der Waals surface area contributed by atoms with Crippen LogP contribution in [0.15, 0.2) is 18.2 Å². The van der Waals surface area contributed by atoms with Crippen molar-refractivity contribution in [1.29, 1.82) is 0 Å². The van der Waals surface area contributed by atoms with Gasteiger partial charge < -0.3 is 9.84 Å². The van der Waals surface area contributed by atoms with Crippen LogP contribution >= 0.6 is 0 Å². The molecule has 0 bridgehead atoms. The zero-order valence-electron chi connectivity index (χ0n) is 9.40. The fraction of sp³-hybridized carbons (Fsp3) is 0.462. The first-order valence-corrected chi connectivity index (χ1v) is 5.64. The first-order valence-electron chi connectivity index (χ1n) is 5.64. The molecule has 1 aromatic carbocycles. The number of hydrogen-bond acceptors (Lipinski definition) is 2. The van der Waals surface area contributed by atoms with Crippen LogP contribution in [-0.4, -0.2) is 17.7 Å². The van der Waals surface area contributed by atoms with Gasteiger partial charge in [-0.05, 0) is 36.0 Å². The van der Waals surface area contributed by atoms with E-state index in [1.54, 1.807) is 0 Å². The van der Waals surface area contributed by atoms with Crippen molar-refractivity contribution in [3.63, 3.8) is 0 Å². The van der Waals surface area contributed by atoms with Gasteiger partial charge in [-0.3, -0.25) is 4.79 Å². The Kier molecular flexibility index (Phi) is 3.13. The number of hydrogen-bond donors (Lipinski definition) is 1. The van der Waals surface area contributed by atoms with Crippen LogP contribution in [0.4, 0.5) is 0 Å². The van der Waals surface area contributed by atoms with Crippen molar-refractivity contribution < 1.29 is 14.6 Å². The Morgan fingerprint density at radius 3 is 3.12 bits per heavy atom. The molecule has 0 amide bonds. The predicted octanol–water partition coefficient (Wildman–Crippen LogP) is 2.59. The summed E-state index contributed by atoms with van der Waals surface area (Å²) in [6, 6.07) is 6.02. The lowest BCUT2D eigenvalue weighted by atomic mass is 9.94. The molecule has 0 saturated carbocycles. The predicted molar refractivity (Wildman–Crippen MR) is 60.9 cm³/mol. The van der Waals surface area contributed by atoms with E-state index in [0.717, 1.165) is 30.8 Å². The molecule has 1 aromatic rings. The number of rotatable bonds is 3. The molecule has 1 heterocycles. The first kappa shape index (κ1) is 11.0. The lowest BCUT2D eigenvalue weighted by Crippen LogP contribution is -2.09. The van der Waals surface area contributed by atoms with E-state index in [0.29, 0.717) is 0 Å². The van der Waals surface area contributed by atoms with Crippen LogP contribution in [-0.2, 0) is 11.2 Å². The Hall–Kier alpha value is -1.51. The molecule has 16 heavy (non-hydrogen) atoms. The minimum absolute atomic E-state index is 0.0599. The van der Waals surface area contributed by atoms with Crippen molar-refractivity contribution in [3.8, 4) is 5.75 Å². The van der Waals surface area contributed by atoms with Crippen molar-refractivity contribution in [2.75, 3.05) is 6.61 Å². The maximum Gasteiger partial charge on any atom is 0.303 e. The van der Waals surface area contributed by atoms with Gasteiger partial charge in [-0.25, -0.2) is 0 Å². The standard InChI is InChI=1S/C13H16O3/c1-9(7-13(14)15)10-4-5-12-11(8-10)3-2-6-16-12/h4-5,8-9H,2-3,6-7H2,1H3,(H,14,15). The highest BCUT2D eigenvalue weighted by molar-refractivity contribution is 5.68. The summed E-state index contributed by atoms with van der Waals surface area (Å²) < 4.78 is 5.52. The van der Waals surface area contributed by atoms with E-state index < -0.39 is 5.97 Å². The van der Waals surface area contributed by atoms with E-state index in [9.17, 15) is 4.79 Å². The summed E-state index contributed by atoms with van der Waals surface area (Å²) in [5.74, 6) is 0.267. The molecule has 3 nitrogen and oxygen atoms in total. The van der Waals surface area contributed by atoms with Gasteiger partial charge in [-0.2, -0.15) is 0 Å². The van der Waals surface area contributed by atoms with Crippen LogP contribution in [0.5, 0.6) is 5.75 Å². The van der Waals surface area contributed by atoms with Gasteiger partial charge in [0.2, 0.25) is 0 Å². The molecular formula is C13H16O3. The molecule has 1 aliphatic heterocycles. The number of aliphatic carboxylic acids is 1. The minimum atomic E-state index is -0.749. The maximum absolute atomic E-state index is 10.6. The number of fused-ring (bicyclic) bond motifs is 1. The molecule has 0 spiro atoms. The topological polar surface area (TPSA) is 46.5 Å². The second kappa shape index (κ2) is 4.56. The Morgan fingerprint density at radius 2 is 2.38 bits per heavy atom. The summed E-state index contributed by atoms with van der Waals surface area (Å²) in [5, 5.41) is 8.76. The van der Waals surface area contributed by atoms with Crippen LogP contribution in [0.25, 0.3) is 0 Å². The fourth-order valence-electron chi connectivity index (χ4n) is 2.07. The molecule has 3 heteroatoms. The molecule has 2 rings (SSSR count). The highest BCUT2D eigenvalue weighted by Crippen LogP contribution is 2.29. The summed E-state index contributed by atoms with van der Waals surface area (Å²) >= 11 is 0. The first-order chi connectivity index (χ1) is 7.66. The minimum Gasteiger partial charge on any atom is -0.493 e. The molecule has 0 saturated heterocycles. The lowest BCUT2D eigenvalue weighted by molar-refractivity contribution is -0.137. The molecule has 0 radical (unpaired) electrons. The molecule has 0 aliphatic carbocycles. The summed E-state index contributed by atoms with van der Waals surface area (Å²) in [7, 11) is 0. The molecule has 0 fully saturated rings. The molecule has 1 N–H and O–H groups in total. The third-order valence-electron chi connectivity index (χ3n) is 2.98. The highest BCUT2D eigenvalue weighted by atomic mass is 16.5. The zero-order chi connectivity index (χ0) is 11.5. The number of carbonyl (C=O) groups is 1. The lowest BCUT2D eigenvalue weighted by Gasteiger charge is -2.19. The van der Waals surface area contributed by atoms with Crippen LogP contribution in [0.3, 0.4) is 0 Å². The van der Waals surface area contributed by atoms with Crippen LogP contribution in [0.2, 0.25) is 0 Å². The van der Waals surface area contributed by atoms with Crippen molar-refractivity contribution in [3.05, 3.63) is 29.3 Å². The average molecular weight is 220 g/mol. The second-order valence-electron chi connectivity index (χ2n) is 4.32. The zero-order valence-corrected chi connectivity index (χ0v) is 9.40. The molecule has 0 aromatic heterocycles. The van der Waals surface area contributed by atoms with Crippen LogP contribution in [0, 0.1) is 0 Å². The van der Waals surface area contributed by atoms with Gasteiger partial charge in [0.1, 0.15) is 5.75 Å². The van der Waals surface area contributed by atoms with E-state index in [-0.39, 0.29) is 12.3 Å². The maximum atomic E-state index is 10.6. The Labute approximate surface area is 95.0 Å². The molecule has 1 aliphatic rings. The van der Waals surface area contributed by atoms with Crippen molar-refractivity contribution in [2.24, 2.45) is 0 Å². The number of carboxylic acids is 1. The van der Waals surface area contributed by atoms with Gasteiger partial charge in [0, 0.05) is 0 Å². The Balaban J connectivity index is 2.19. The molecular weight excluding hydrogens is 204 g/mol. The van der Waals surface area contributed by atoms with Crippen LogP contribution in [0.1, 0.15) is 36.8 Å². The van der Waals surface area contributed by atoms with Gasteiger partial charge in [0.15, 0.2) is 0 Å². The van der Waals surface area contributed by atoms with Crippen molar-refractivity contribution in [1.82, 2.24) is 0 Å². The Morgan fingerprint density at radius 1 is 1.56 bits per heavy atom. The number of aryl methyl sites for hydroxylation is 1. The second-order valence-corrected chi connectivity index (χ2v) is 4.32. The van der Waals surface area contributed by atoms with Crippen LogP contribution < -0.4 is 4.74 Å². The average Bonchev–Trinajstić information content (AvgIpc) is 2.27.